The highest BCUT2D eigenvalue weighted by Crippen LogP contribution is 2.14. The van der Waals surface area contributed by atoms with Gasteiger partial charge in [0.05, 0.1) is 20.2 Å². The van der Waals surface area contributed by atoms with E-state index in [-0.39, 0.29) is 11.8 Å². The first-order valence-electron chi connectivity index (χ1n) is 5.66. The zero-order valence-corrected chi connectivity index (χ0v) is 10.4. The number of esters is 1. The maximum Gasteiger partial charge on any atom is 0.373 e. The molecule has 1 heterocycles. The van der Waals surface area contributed by atoms with Crippen molar-refractivity contribution in [2.24, 2.45) is 0 Å². The van der Waals surface area contributed by atoms with Crippen molar-refractivity contribution in [2.45, 2.75) is 26.8 Å². The summed E-state index contributed by atoms with van der Waals surface area (Å²) in [5, 5.41) is 0. The Hall–Kier alpha value is -1.29. The number of rotatable bonds is 5. The van der Waals surface area contributed by atoms with Crippen LogP contribution in [0.2, 0.25) is 0 Å². The predicted octanol–water partition coefficient (Wildman–Crippen LogP) is 1.05. The van der Waals surface area contributed by atoms with E-state index in [9.17, 15) is 4.79 Å². The number of hydrogen-bond donors (Lipinski definition) is 1. The minimum Gasteiger partial charge on any atom is -0.463 e. The summed E-state index contributed by atoms with van der Waals surface area (Å²) in [6.45, 7) is 8.44. The number of furan rings is 1. The van der Waals surface area contributed by atoms with Crippen LogP contribution in [-0.2, 0) is 4.74 Å². The van der Waals surface area contributed by atoms with Crippen molar-refractivity contribution in [1.82, 2.24) is 0 Å². The highest BCUT2D eigenvalue weighted by Gasteiger charge is 2.21. The molecule has 1 atom stereocenters. The van der Waals surface area contributed by atoms with Gasteiger partial charge in [0.15, 0.2) is 5.76 Å². The van der Waals surface area contributed by atoms with Crippen LogP contribution in [0.1, 0.15) is 43.1 Å². The van der Waals surface area contributed by atoms with Gasteiger partial charge in [0.25, 0.3) is 0 Å². The molecule has 0 amide bonds. The van der Waals surface area contributed by atoms with E-state index in [1.165, 1.54) is 12.0 Å². The van der Waals surface area contributed by atoms with Gasteiger partial charge in [-0.3, -0.25) is 0 Å². The largest absolute Gasteiger partial charge is 0.463 e. The van der Waals surface area contributed by atoms with Gasteiger partial charge in [-0.05, 0) is 32.9 Å². The minimum absolute atomic E-state index is 0.258. The Bertz CT molecular complexity index is 342. The van der Waals surface area contributed by atoms with Gasteiger partial charge in [0.2, 0.25) is 5.76 Å². The minimum atomic E-state index is -0.423. The van der Waals surface area contributed by atoms with Gasteiger partial charge in [-0.25, -0.2) is 4.79 Å². The van der Waals surface area contributed by atoms with E-state index in [0.29, 0.717) is 0 Å². The predicted molar refractivity (Wildman–Crippen MR) is 60.5 cm³/mol. The van der Waals surface area contributed by atoms with Crippen molar-refractivity contribution in [2.75, 3.05) is 20.2 Å². The summed E-state index contributed by atoms with van der Waals surface area (Å²) < 4.78 is 10.1. The Labute approximate surface area is 96.2 Å². The number of methoxy groups -OCH3 is 1. The average Bonchev–Trinajstić information content (AvgIpc) is 2.78. The van der Waals surface area contributed by atoms with Crippen LogP contribution in [0.5, 0.6) is 0 Å². The van der Waals surface area contributed by atoms with Gasteiger partial charge in [-0.2, -0.15) is 0 Å². The Morgan fingerprint density at radius 2 is 2.06 bits per heavy atom. The third kappa shape index (κ3) is 2.64. The third-order valence-electron chi connectivity index (χ3n) is 2.96. The fourth-order valence-corrected chi connectivity index (χ4v) is 1.86. The molecule has 1 N–H and O–H groups in total. The lowest BCUT2D eigenvalue weighted by atomic mass is 10.2. The summed E-state index contributed by atoms with van der Waals surface area (Å²) in [6, 6.07) is 3.77. The molecule has 0 radical (unpaired) electrons. The Balaban J connectivity index is 2.80. The van der Waals surface area contributed by atoms with E-state index in [2.05, 4.69) is 25.5 Å². The second-order valence-electron chi connectivity index (χ2n) is 3.78. The van der Waals surface area contributed by atoms with E-state index >= 15 is 0 Å². The highest BCUT2D eigenvalue weighted by molar-refractivity contribution is 5.86. The highest BCUT2D eigenvalue weighted by atomic mass is 16.5. The van der Waals surface area contributed by atoms with E-state index in [0.717, 1.165) is 18.8 Å². The van der Waals surface area contributed by atoms with E-state index in [1.807, 2.05) is 6.07 Å². The number of quaternary nitrogens is 1. The molecule has 1 aromatic rings. The van der Waals surface area contributed by atoms with Crippen LogP contribution >= 0.6 is 0 Å². The smallest absolute Gasteiger partial charge is 0.373 e. The van der Waals surface area contributed by atoms with Crippen molar-refractivity contribution >= 4 is 5.97 Å². The number of carbonyl (C=O) groups is 1. The summed E-state index contributed by atoms with van der Waals surface area (Å²) in [4.78, 5) is 12.7. The Kier molecular flexibility index (Phi) is 4.55. The number of hydrogen-bond acceptors (Lipinski definition) is 3. The van der Waals surface area contributed by atoms with Crippen LogP contribution in [0, 0.1) is 0 Å². The van der Waals surface area contributed by atoms with Gasteiger partial charge in [0.1, 0.15) is 6.04 Å². The van der Waals surface area contributed by atoms with Crippen molar-refractivity contribution in [1.29, 1.82) is 0 Å². The van der Waals surface area contributed by atoms with Crippen molar-refractivity contribution in [3.05, 3.63) is 23.7 Å². The van der Waals surface area contributed by atoms with Crippen LogP contribution in [-0.4, -0.2) is 26.2 Å². The van der Waals surface area contributed by atoms with Crippen molar-refractivity contribution in [3.8, 4) is 0 Å². The molecule has 1 aromatic heterocycles. The number of carbonyl (C=O) groups excluding carboxylic acids is 1. The molecular weight excluding hydrogens is 206 g/mol. The lowest BCUT2D eigenvalue weighted by Gasteiger charge is -2.21. The molecule has 90 valence electrons. The number of ether oxygens (including phenoxy) is 1. The standard InChI is InChI=1S/C12H19NO3/c1-5-13(6-2)9(3)10-7-8-11(16-10)12(14)15-4/h7-9H,5-6H2,1-4H3/p+1/t9-/m0/s1. The quantitative estimate of drug-likeness (QED) is 0.763. The molecule has 4 nitrogen and oxygen atoms in total. The second kappa shape index (κ2) is 5.70. The fraction of sp³-hybridized carbons (Fsp3) is 0.583. The van der Waals surface area contributed by atoms with Crippen LogP contribution in [0.25, 0.3) is 0 Å². The fourth-order valence-electron chi connectivity index (χ4n) is 1.86. The Morgan fingerprint density at radius 1 is 1.44 bits per heavy atom. The molecule has 0 aliphatic carbocycles. The van der Waals surface area contributed by atoms with E-state index < -0.39 is 5.97 Å². The molecule has 4 heteroatoms. The van der Waals surface area contributed by atoms with Crippen LogP contribution in [0.15, 0.2) is 16.5 Å². The average molecular weight is 226 g/mol. The molecule has 0 unspecified atom stereocenters. The van der Waals surface area contributed by atoms with E-state index in [1.54, 1.807) is 6.07 Å². The molecule has 0 saturated heterocycles. The van der Waals surface area contributed by atoms with Gasteiger partial charge in [-0.15, -0.1) is 0 Å². The Morgan fingerprint density at radius 3 is 2.56 bits per heavy atom. The maximum atomic E-state index is 11.2. The monoisotopic (exact) mass is 226 g/mol. The normalized spacial score (nSPS) is 12.8. The molecule has 1 rings (SSSR count). The van der Waals surface area contributed by atoms with Crippen molar-refractivity contribution in [3.63, 3.8) is 0 Å². The molecule has 0 bridgehead atoms. The first kappa shape index (κ1) is 12.8. The molecule has 0 aliphatic heterocycles. The summed E-state index contributed by atoms with van der Waals surface area (Å²) in [5.41, 5.74) is 0. The summed E-state index contributed by atoms with van der Waals surface area (Å²) in [7, 11) is 1.35. The van der Waals surface area contributed by atoms with Gasteiger partial charge in [0, 0.05) is 0 Å². The van der Waals surface area contributed by atoms with Gasteiger partial charge in [-0.1, -0.05) is 0 Å². The van der Waals surface area contributed by atoms with Crippen LogP contribution in [0.4, 0.5) is 0 Å². The molecular formula is C12H20NO3+. The van der Waals surface area contributed by atoms with Gasteiger partial charge >= 0.3 is 5.97 Å². The molecule has 0 aromatic carbocycles. The molecule has 0 saturated carbocycles. The molecule has 16 heavy (non-hydrogen) atoms. The lowest BCUT2D eigenvalue weighted by molar-refractivity contribution is -0.927. The third-order valence-corrected chi connectivity index (χ3v) is 2.96. The second-order valence-corrected chi connectivity index (χ2v) is 3.78. The molecule has 0 aliphatic rings. The van der Waals surface area contributed by atoms with Crippen LogP contribution in [0.3, 0.4) is 0 Å². The van der Waals surface area contributed by atoms with Gasteiger partial charge < -0.3 is 14.1 Å². The molecule has 0 spiro atoms. The number of nitrogens with one attached hydrogen (secondary N) is 1. The lowest BCUT2D eigenvalue weighted by Crippen LogP contribution is -3.11. The first-order valence-corrected chi connectivity index (χ1v) is 5.66. The molecule has 0 fully saturated rings. The zero-order valence-electron chi connectivity index (χ0n) is 10.4. The topological polar surface area (TPSA) is 43.9 Å². The summed E-state index contributed by atoms with van der Waals surface area (Å²) >= 11 is 0. The maximum absolute atomic E-state index is 11.2. The van der Waals surface area contributed by atoms with E-state index in [4.69, 9.17) is 4.42 Å². The van der Waals surface area contributed by atoms with Crippen LogP contribution < -0.4 is 4.90 Å². The van der Waals surface area contributed by atoms with Crippen molar-refractivity contribution < 1.29 is 18.8 Å². The summed E-state index contributed by atoms with van der Waals surface area (Å²) in [5.74, 6) is 0.683. The first-order chi connectivity index (χ1) is 7.63. The summed E-state index contributed by atoms with van der Waals surface area (Å²) in [6.07, 6.45) is 0. The SMILES string of the molecule is CC[NH+](CC)[C@@H](C)c1ccc(C(=O)OC)o1. The zero-order chi connectivity index (χ0) is 12.1.